The maximum atomic E-state index is 14.0. The van der Waals surface area contributed by atoms with Crippen molar-refractivity contribution in [3.05, 3.63) is 43.2 Å². The maximum Gasteiger partial charge on any atom is 0.267 e. The Morgan fingerprint density at radius 3 is 2.31 bits per heavy atom. The van der Waals surface area contributed by atoms with Crippen molar-refractivity contribution < 1.29 is 19.0 Å². The van der Waals surface area contributed by atoms with Crippen LogP contribution in [0.2, 0.25) is 0 Å². The molecule has 0 radical (unpaired) electrons. The second-order valence-corrected chi connectivity index (χ2v) is 7.51. The van der Waals surface area contributed by atoms with Gasteiger partial charge < -0.3 is 10.2 Å². The molecule has 2 unspecified atom stereocenters. The standard InChI is InChI=1S/C20H23F2N7O2.2C2H6/c1-3-18(20(2,21)22)29-9-14(7-25-29)19-17-4-5-23-28(17)11-16(26-19)13-6-24-27(8-13)10-15(31)12-30;2*1-2/h4-9,11,15,18,30-31H,3,10,12H2,1-2H3;2*1-2H3. The van der Waals surface area contributed by atoms with E-state index >= 15 is 0 Å². The summed E-state index contributed by atoms with van der Waals surface area (Å²) in [6.07, 6.45) is 9.08. The summed E-state index contributed by atoms with van der Waals surface area (Å²) >= 11 is 0. The van der Waals surface area contributed by atoms with E-state index < -0.39 is 18.1 Å². The van der Waals surface area contributed by atoms with E-state index in [4.69, 9.17) is 10.1 Å². The zero-order valence-electron chi connectivity index (χ0n) is 21.1. The molecule has 4 aromatic heterocycles. The highest BCUT2D eigenvalue weighted by atomic mass is 19.3. The molecule has 0 saturated carbocycles. The van der Waals surface area contributed by atoms with Gasteiger partial charge in [0, 0.05) is 30.4 Å². The minimum absolute atomic E-state index is 0.143. The minimum Gasteiger partial charge on any atom is -0.394 e. The molecule has 0 aromatic carbocycles. The van der Waals surface area contributed by atoms with E-state index in [-0.39, 0.29) is 19.6 Å². The molecule has 35 heavy (non-hydrogen) atoms. The van der Waals surface area contributed by atoms with Crippen molar-refractivity contribution in [3.8, 4) is 22.5 Å². The normalized spacial score (nSPS) is 13.0. The van der Waals surface area contributed by atoms with Crippen molar-refractivity contribution in [2.75, 3.05) is 6.61 Å². The largest absolute Gasteiger partial charge is 0.394 e. The molecule has 0 amide bonds. The Hall–Kier alpha value is -3.18. The van der Waals surface area contributed by atoms with Gasteiger partial charge in [0.15, 0.2) is 0 Å². The number of aromatic nitrogens is 7. The number of nitrogens with zero attached hydrogens (tertiary/aromatic N) is 7. The molecule has 9 nitrogen and oxygen atoms in total. The molecule has 0 aliphatic heterocycles. The summed E-state index contributed by atoms with van der Waals surface area (Å²) < 4.78 is 32.4. The Labute approximate surface area is 204 Å². The molecule has 2 atom stereocenters. The van der Waals surface area contributed by atoms with E-state index in [0.29, 0.717) is 28.0 Å². The van der Waals surface area contributed by atoms with Gasteiger partial charge in [0.05, 0.1) is 60.9 Å². The number of rotatable bonds is 8. The molecule has 0 spiro atoms. The van der Waals surface area contributed by atoms with E-state index in [1.807, 2.05) is 27.7 Å². The van der Waals surface area contributed by atoms with E-state index in [9.17, 15) is 13.9 Å². The first kappa shape index (κ1) is 28.1. The first-order valence-electron chi connectivity index (χ1n) is 11.9. The summed E-state index contributed by atoms with van der Waals surface area (Å²) in [5.74, 6) is -2.91. The Kier molecular flexibility index (Phi) is 10.0. The highest BCUT2D eigenvalue weighted by Gasteiger charge is 2.35. The van der Waals surface area contributed by atoms with Crippen LogP contribution in [0.5, 0.6) is 0 Å². The van der Waals surface area contributed by atoms with Gasteiger partial charge in [-0.25, -0.2) is 18.3 Å². The Morgan fingerprint density at radius 2 is 1.69 bits per heavy atom. The van der Waals surface area contributed by atoms with Crippen LogP contribution in [-0.2, 0) is 6.54 Å². The number of aliphatic hydroxyl groups is 2. The molecule has 0 fully saturated rings. The molecular formula is C24H35F2N7O2. The quantitative estimate of drug-likeness (QED) is 0.377. The molecule has 0 aliphatic carbocycles. The Bertz CT molecular complexity index is 1180. The average Bonchev–Trinajstić information content (AvgIpc) is 3.61. The third-order valence-corrected chi connectivity index (χ3v) is 5.09. The number of aliphatic hydroxyl groups excluding tert-OH is 2. The fraction of sp³-hybridized carbons (Fsp3) is 0.500. The van der Waals surface area contributed by atoms with Gasteiger partial charge in [0.1, 0.15) is 6.04 Å². The molecule has 0 saturated heterocycles. The van der Waals surface area contributed by atoms with Crippen LogP contribution in [0.15, 0.2) is 43.2 Å². The van der Waals surface area contributed by atoms with Gasteiger partial charge in [-0.15, -0.1) is 0 Å². The second kappa shape index (κ2) is 12.5. The monoisotopic (exact) mass is 491 g/mol. The SMILES string of the molecule is CC.CC.CCC(n1cc(-c2nc(-c3cnn(CC(O)CO)c3)cn3nccc23)cn1)C(C)(F)F. The van der Waals surface area contributed by atoms with Crippen LogP contribution >= 0.6 is 0 Å². The highest BCUT2D eigenvalue weighted by Crippen LogP contribution is 2.33. The van der Waals surface area contributed by atoms with Crippen molar-refractivity contribution in [1.29, 1.82) is 0 Å². The predicted octanol–water partition coefficient (Wildman–Crippen LogP) is 4.47. The van der Waals surface area contributed by atoms with Crippen LogP contribution in [0.3, 0.4) is 0 Å². The summed E-state index contributed by atoms with van der Waals surface area (Å²) in [7, 11) is 0. The molecule has 2 N–H and O–H groups in total. The van der Waals surface area contributed by atoms with Crippen LogP contribution in [0, 0.1) is 0 Å². The van der Waals surface area contributed by atoms with Gasteiger partial charge in [-0.3, -0.25) is 9.36 Å². The first-order valence-corrected chi connectivity index (χ1v) is 11.9. The van der Waals surface area contributed by atoms with Crippen molar-refractivity contribution in [1.82, 2.24) is 34.2 Å². The molecule has 192 valence electrons. The number of halogens is 2. The van der Waals surface area contributed by atoms with Gasteiger partial charge in [-0.1, -0.05) is 34.6 Å². The predicted molar refractivity (Wildman–Crippen MR) is 131 cm³/mol. The molecule has 4 aromatic rings. The van der Waals surface area contributed by atoms with Crippen LogP contribution in [0.1, 0.15) is 54.0 Å². The lowest BCUT2D eigenvalue weighted by atomic mass is 10.1. The Morgan fingerprint density at radius 1 is 1.00 bits per heavy atom. The topological polar surface area (TPSA) is 106 Å². The third-order valence-electron chi connectivity index (χ3n) is 5.09. The fourth-order valence-electron chi connectivity index (χ4n) is 3.56. The number of alkyl halides is 2. The maximum absolute atomic E-state index is 14.0. The molecule has 0 bridgehead atoms. The smallest absolute Gasteiger partial charge is 0.267 e. The Balaban J connectivity index is 0.00000103. The minimum atomic E-state index is -2.91. The van der Waals surface area contributed by atoms with Crippen LogP contribution in [-0.4, -0.2) is 63.0 Å². The lowest BCUT2D eigenvalue weighted by Crippen LogP contribution is -2.27. The van der Waals surface area contributed by atoms with Crippen molar-refractivity contribution in [2.45, 2.75) is 72.6 Å². The number of hydrogen-bond donors (Lipinski definition) is 2. The summed E-state index contributed by atoms with van der Waals surface area (Å²) in [5.41, 5.74) is 3.11. The zero-order chi connectivity index (χ0) is 26.2. The second-order valence-electron chi connectivity index (χ2n) is 7.51. The van der Waals surface area contributed by atoms with Gasteiger partial charge in [0.25, 0.3) is 5.92 Å². The van der Waals surface area contributed by atoms with Crippen molar-refractivity contribution in [2.24, 2.45) is 0 Å². The average molecular weight is 492 g/mol. The van der Waals surface area contributed by atoms with Gasteiger partial charge in [-0.05, 0) is 12.5 Å². The zero-order valence-corrected chi connectivity index (χ0v) is 21.1. The van der Waals surface area contributed by atoms with Crippen molar-refractivity contribution in [3.63, 3.8) is 0 Å². The highest BCUT2D eigenvalue weighted by molar-refractivity contribution is 5.78. The van der Waals surface area contributed by atoms with E-state index in [1.165, 1.54) is 15.6 Å². The van der Waals surface area contributed by atoms with Crippen LogP contribution in [0.25, 0.3) is 28.0 Å². The van der Waals surface area contributed by atoms with E-state index in [0.717, 1.165) is 6.92 Å². The summed E-state index contributed by atoms with van der Waals surface area (Å²) in [6, 6.07) is 0.734. The lowest BCUT2D eigenvalue weighted by molar-refractivity contribution is -0.0384. The first-order chi connectivity index (χ1) is 16.8. The fourth-order valence-corrected chi connectivity index (χ4v) is 3.56. The van der Waals surface area contributed by atoms with Gasteiger partial charge in [0.2, 0.25) is 0 Å². The molecule has 4 heterocycles. The number of hydrogen-bond acceptors (Lipinski definition) is 6. The molecule has 4 rings (SSSR count). The lowest BCUT2D eigenvalue weighted by Gasteiger charge is -2.22. The summed E-state index contributed by atoms with van der Waals surface area (Å²) in [4.78, 5) is 4.72. The van der Waals surface area contributed by atoms with Crippen molar-refractivity contribution >= 4 is 5.52 Å². The van der Waals surface area contributed by atoms with E-state index in [2.05, 4.69) is 15.3 Å². The number of fused-ring (bicyclic) bond motifs is 1. The molecule has 11 heteroatoms. The summed E-state index contributed by atoms with van der Waals surface area (Å²) in [6.45, 7) is 10.4. The van der Waals surface area contributed by atoms with Gasteiger partial charge in [-0.2, -0.15) is 15.3 Å². The van der Waals surface area contributed by atoms with Crippen LogP contribution in [0.4, 0.5) is 8.78 Å². The third kappa shape index (κ3) is 6.49. The summed E-state index contributed by atoms with van der Waals surface area (Å²) in [5, 5.41) is 31.3. The van der Waals surface area contributed by atoms with E-state index in [1.54, 1.807) is 48.5 Å². The van der Waals surface area contributed by atoms with Gasteiger partial charge >= 0.3 is 0 Å². The van der Waals surface area contributed by atoms with Crippen LogP contribution < -0.4 is 0 Å². The molecular weight excluding hydrogens is 456 g/mol. The molecule has 0 aliphatic rings.